The Morgan fingerprint density at radius 3 is 3.24 bits per heavy atom. The molecule has 1 unspecified atom stereocenters. The van der Waals surface area contributed by atoms with Crippen LogP contribution in [0.15, 0.2) is 18.7 Å². The summed E-state index contributed by atoms with van der Waals surface area (Å²) >= 11 is 0. The average Bonchev–Trinajstić information content (AvgIpc) is 2.69. The van der Waals surface area contributed by atoms with Crippen LogP contribution in [0.3, 0.4) is 0 Å². The van der Waals surface area contributed by atoms with E-state index in [1.54, 1.807) is 10.7 Å². The molecule has 2 aromatic heterocycles. The molecule has 1 saturated heterocycles. The van der Waals surface area contributed by atoms with Gasteiger partial charge in [-0.05, 0) is 0 Å². The predicted octanol–water partition coefficient (Wildman–Crippen LogP) is -0.725. The van der Waals surface area contributed by atoms with E-state index in [9.17, 15) is 4.79 Å². The van der Waals surface area contributed by atoms with Gasteiger partial charge in [-0.3, -0.25) is 4.79 Å². The highest BCUT2D eigenvalue weighted by Crippen LogP contribution is 2.16. The number of amides is 1. The number of nitrogens with zero attached hydrogens (tertiary/aromatic N) is 4. The average molecular weight is 232 g/mol. The first kappa shape index (κ1) is 10.2. The van der Waals surface area contributed by atoms with Gasteiger partial charge >= 0.3 is 0 Å². The molecule has 0 aromatic carbocycles. The Labute approximate surface area is 97.3 Å². The molecule has 2 N–H and O–H groups in total. The van der Waals surface area contributed by atoms with Crippen LogP contribution < -0.4 is 10.6 Å². The Hall–Kier alpha value is -2.02. The fraction of sp³-hybridized carbons (Fsp3) is 0.400. The van der Waals surface area contributed by atoms with E-state index < -0.39 is 0 Å². The van der Waals surface area contributed by atoms with E-state index in [1.165, 1.54) is 6.33 Å². The first-order valence-corrected chi connectivity index (χ1v) is 5.48. The highest BCUT2D eigenvalue weighted by Gasteiger charge is 2.19. The van der Waals surface area contributed by atoms with Crippen LogP contribution >= 0.6 is 0 Å². The molecule has 1 atom stereocenters. The lowest BCUT2D eigenvalue weighted by Crippen LogP contribution is -2.24. The Morgan fingerprint density at radius 1 is 1.35 bits per heavy atom. The topological polar surface area (TPSA) is 84.2 Å². The molecule has 1 aliphatic heterocycles. The maximum atomic E-state index is 11.5. The van der Waals surface area contributed by atoms with E-state index in [0.717, 1.165) is 12.1 Å². The molecule has 0 aliphatic carbocycles. The van der Waals surface area contributed by atoms with Crippen molar-refractivity contribution in [1.29, 1.82) is 0 Å². The molecular weight excluding hydrogens is 220 g/mol. The maximum Gasteiger partial charge on any atom is 0.252 e. The van der Waals surface area contributed by atoms with Crippen molar-refractivity contribution in [3.63, 3.8) is 0 Å². The van der Waals surface area contributed by atoms with Crippen LogP contribution in [0.25, 0.3) is 5.78 Å². The highest BCUT2D eigenvalue weighted by atomic mass is 16.1. The Balaban J connectivity index is 1.93. The Bertz CT molecular complexity index is 550. The third kappa shape index (κ3) is 1.96. The van der Waals surface area contributed by atoms with Crippen molar-refractivity contribution >= 4 is 11.7 Å². The summed E-state index contributed by atoms with van der Waals surface area (Å²) in [5.74, 6) is 0.616. The van der Waals surface area contributed by atoms with Gasteiger partial charge in [0, 0.05) is 43.5 Å². The summed E-state index contributed by atoms with van der Waals surface area (Å²) in [5.41, 5.74) is 0.944. The Kier molecular flexibility index (Phi) is 2.45. The summed E-state index contributed by atoms with van der Waals surface area (Å²) in [6.07, 6.45) is 5.47. The van der Waals surface area contributed by atoms with Gasteiger partial charge in [-0.2, -0.15) is 10.1 Å². The van der Waals surface area contributed by atoms with Gasteiger partial charge < -0.3 is 10.6 Å². The van der Waals surface area contributed by atoms with E-state index in [2.05, 4.69) is 25.7 Å². The van der Waals surface area contributed by atoms with Gasteiger partial charge in [0.05, 0.1) is 0 Å². The summed E-state index contributed by atoms with van der Waals surface area (Å²) in [5, 5.41) is 10.2. The molecule has 1 aliphatic rings. The molecule has 0 saturated carbocycles. The third-order valence-corrected chi connectivity index (χ3v) is 2.78. The van der Waals surface area contributed by atoms with Crippen molar-refractivity contribution in [2.45, 2.75) is 12.5 Å². The lowest BCUT2D eigenvalue weighted by atomic mass is 10.1. The number of rotatable bonds is 1. The molecule has 0 spiro atoms. The zero-order valence-electron chi connectivity index (χ0n) is 9.13. The molecule has 88 valence electrons. The summed E-state index contributed by atoms with van der Waals surface area (Å²) in [7, 11) is 0. The number of hydrogen-bond donors (Lipinski definition) is 2. The number of carbonyl (C=O) groups is 1. The van der Waals surface area contributed by atoms with Crippen LogP contribution in [0.1, 0.15) is 18.0 Å². The van der Waals surface area contributed by atoms with Crippen LogP contribution in [0, 0.1) is 0 Å². The molecular formula is C10H12N6O. The van der Waals surface area contributed by atoms with Crippen molar-refractivity contribution < 1.29 is 4.79 Å². The van der Waals surface area contributed by atoms with E-state index >= 15 is 0 Å². The van der Waals surface area contributed by atoms with Crippen LogP contribution in [0.5, 0.6) is 0 Å². The van der Waals surface area contributed by atoms with Gasteiger partial charge in [-0.15, -0.1) is 0 Å². The predicted molar refractivity (Wildman–Crippen MR) is 59.2 cm³/mol. The molecule has 3 rings (SSSR count). The lowest BCUT2D eigenvalue weighted by molar-refractivity contribution is -0.121. The molecule has 3 heterocycles. The molecule has 7 nitrogen and oxygen atoms in total. The van der Waals surface area contributed by atoms with E-state index in [0.29, 0.717) is 18.7 Å². The summed E-state index contributed by atoms with van der Waals surface area (Å²) in [6.45, 7) is 1.42. The minimum Gasteiger partial charge on any atom is -0.355 e. The first-order valence-electron chi connectivity index (χ1n) is 5.48. The van der Waals surface area contributed by atoms with Crippen LogP contribution in [0.4, 0.5) is 0 Å². The molecule has 0 radical (unpaired) electrons. The zero-order chi connectivity index (χ0) is 11.7. The van der Waals surface area contributed by atoms with Gasteiger partial charge in [0.1, 0.15) is 6.33 Å². The summed E-state index contributed by atoms with van der Waals surface area (Å²) in [4.78, 5) is 19.6. The van der Waals surface area contributed by atoms with Crippen molar-refractivity contribution in [3.05, 3.63) is 24.3 Å². The van der Waals surface area contributed by atoms with Gasteiger partial charge in [0.15, 0.2) is 0 Å². The minimum absolute atomic E-state index is 0.0152. The van der Waals surface area contributed by atoms with Gasteiger partial charge in [0.2, 0.25) is 5.91 Å². The molecule has 7 heteroatoms. The van der Waals surface area contributed by atoms with Crippen molar-refractivity contribution in [1.82, 2.24) is 30.2 Å². The molecule has 1 amide bonds. The van der Waals surface area contributed by atoms with Crippen LogP contribution in [0.2, 0.25) is 0 Å². The van der Waals surface area contributed by atoms with Crippen molar-refractivity contribution in [2.75, 3.05) is 13.1 Å². The number of fused-ring (bicyclic) bond motifs is 1. The van der Waals surface area contributed by atoms with Crippen molar-refractivity contribution in [2.24, 2.45) is 0 Å². The van der Waals surface area contributed by atoms with Gasteiger partial charge in [-0.1, -0.05) is 0 Å². The standard InChI is InChI=1S/C10H12N6O/c17-9-3-8(11-1-2-12-9)7-4-13-10-14-6-15-16(10)5-7/h4-6,8,11H,1-3H2,(H,12,17). The smallest absolute Gasteiger partial charge is 0.252 e. The number of hydrogen-bond acceptors (Lipinski definition) is 5. The molecule has 1 fully saturated rings. The minimum atomic E-state index is -0.0152. The fourth-order valence-corrected chi connectivity index (χ4v) is 1.93. The Morgan fingerprint density at radius 2 is 2.29 bits per heavy atom. The lowest BCUT2D eigenvalue weighted by Gasteiger charge is -2.13. The second kappa shape index (κ2) is 4.10. The quantitative estimate of drug-likeness (QED) is 0.677. The van der Waals surface area contributed by atoms with E-state index in [-0.39, 0.29) is 11.9 Å². The first-order chi connectivity index (χ1) is 8.33. The molecule has 17 heavy (non-hydrogen) atoms. The van der Waals surface area contributed by atoms with Crippen molar-refractivity contribution in [3.8, 4) is 0 Å². The third-order valence-electron chi connectivity index (χ3n) is 2.78. The number of carbonyl (C=O) groups excluding carboxylic acids is 1. The van der Waals surface area contributed by atoms with E-state index in [1.807, 2.05) is 6.20 Å². The number of aromatic nitrogens is 4. The monoisotopic (exact) mass is 232 g/mol. The normalized spacial score (nSPS) is 21.2. The van der Waals surface area contributed by atoms with Crippen LogP contribution in [-0.2, 0) is 4.79 Å². The summed E-state index contributed by atoms with van der Waals surface area (Å²) < 4.78 is 1.61. The largest absolute Gasteiger partial charge is 0.355 e. The number of nitrogens with one attached hydrogen (secondary N) is 2. The highest BCUT2D eigenvalue weighted by molar-refractivity contribution is 5.77. The molecule has 2 aromatic rings. The van der Waals surface area contributed by atoms with Gasteiger partial charge in [0.25, 0.3) is 5.78 Å². The SMILES string of the molecule is O=C1CC(c2cnc3ncnn3c2)NCCN1. The van der Waals surface area contributed by atoms with E-state index in [4.69, 9.17) is 0 Å². The second-order valence-corrected chi connectivity index (χ2v) is 3.95. The second-order valence-electron chi connectivity index (χ2n) is 3.95. The maximum absolute atomic E-state index is 11.5. The fourth-order valence-electron chi connectivity index (χ4n) is 1.93. The van der Waals surface area contributed by atoms with Gasteiger partial charge in [-0.25, -0.2) is 9.50 Å². The zero-order valence-corrected chi connectivity index (χ0v) is 9.13. The summed E-state index contributed by atoms with van der Waals surface area (Å²) in [6, 6.07) is -0.0152. The molecule has 0 bridgehead atoms. The van der Waals surface area contributed by atoms with Crippen LogP contribution in [-0.4, -0.2) is 38.6 Å².